The van der Waals surface area contributed by atoms with Gasteiger partial charge in [-0.1, -0.05) is 20.3 Å². The van der Waals surface area contributed by atoms with Crippen LogP contribution in [0, 0.1) is 5.92 Å². The Bertz CT molecular complexity index is 555. The fraction of sp³-hybridized carbons (Fsp3) is 0.864. The van der Waals surface area contributed by atoms with Crippen molar-refractivity contribution in [3.05, 3.63) is 0 Å². The molecular weight excluding hydrogens is 382 g/mol. The minimum atomic E-state index is -0.245. The number of unbranched alkanes of at least 4 members (excludes halogenated alkanes) is 2. The van der Waals surface area contributed by atoms with Crippen molar-refractivity contribution in [2.75, 3.05) is 53.4 Å². The molecule has 2 N–H and O–H groups in total. The van der Waals surface area contributed by atoms with E-state index >= 15 is 0 Å². The molecule has 8 heteroatoms. The van der Waals surface area contributed by atoms with Crippen molar-refractivity contribution in [2.24, 2.45) is 10.9 Å². The Labute approximate surface area is 182 Å². The molecule has 1 heterocycles. The van der Waals surface area contributed by atoms with Gasteiger partial charge in [0.25, 0.3) is 0 Å². The summed E-state index contributed by atoms with van der Waals surface area (Å²) in [5.41, 5.74) is -0.245. The van der Waals surface area contributed by atoms with Crippen LogP contribution in [0.5, 0.6) is 0 Å². The average Bonchev–Trinajstić information content (AvgIpc) is 2.72. The third-order valence-electron chi connectivity index (χ3n) is 5.39. The van der Waals surface area contributed by atoms with E-state index in [1.54, 1.807) is 14.2 Å². The maximum atomic E-state index is 12.4. The highest BCUT2D eigenvalue weighted by Gasteiger charge is 2.24. The van der Waals surface area contributed by atoms with Crippen molar-refractivity contribution >= 4 is 17.8 Å². The van der Waals surface area contributed by atoms with E-state index in [2.05, 4.69) is 29.5 Å². The van der Waals surface area contributed by atoms with Crippen LogP contribution in [0.4, 0.5) is 0 Å². The van der Waals surface area contributed by atoms with Gasteiger partial charge in [0.1, 0.15) is 0 Å². The van der Waals surface area contributed by atoms with Crippen LogP contribution in [0.15, 0.2) is 4.99 Å². The van der Waals surface area contributed by atoms with E-state index in [9.17, 15) is 9.59 Å². The number of methoxy groups -OCH3 is 1. The van der Waals surface area contributed by atoms with Crippen LogP contribution >= 0.6 is 0 Å². The minimum Gasteiger partial charge on any atom is -0.377 e. The maximum Gasteiger partial charge on any atom is 0.222 e. The van der Waals surface area contributed by atoms with Crippen LogP contribution in [0.25, 0.3) is 0 Å². The summed E-state index contributed by atoms with van der Waals surface area (Å²) in [5.74, 6) is 1.55. The molecular formula is C22H43N5O3. The number of hydrogen-bond donors (Lipinski definition) is 2. The number of nitrogens with zero attached hydrogens (tertiary/aromatic N) is 3. The van der Waals surface area contributed by atoms with Crippen molar-refractivity contribution in [1.29, 1.82) is 0 Å². The van der Waals surface area contributed by atoms with Gasteiger partial charge in [0.2, 0.25) is 11.8 Å². The normalized spacial score (nSPS) is 15.5. The second-order valence-corrected chi connectivity index (χ2v) is 8.99. The van der Waals surface area contributed by atoms with Gasteiger partial charge in [0.05, 0.1) is 5.60 Å². The number of carbonyl (C=O) groups excluding carboxylic acids is 2. The molecule has 0 atom stereocenters. The minimum absolute atomic E-state index is 0.207. The van der Waals surface area contributed by atoms with Gasteiger partial charge in [-0.15, -0.1) is 0 Å². The number of aliphatic imine (C=N–C) groups is 1. The average molecular weight is 426 g/mol. The van der Waals surface area contributed by atoms with Gasteiger partial charge >= 0.3 is 0 Å². The third-order valence-corrected chi connectivity index (χ3v) is 5.39. The Morgan fingerprint density at radius 2 is 1.60 bits per heavy atom. The molecule has 0 bridgehead atoms. The molecule has 8 nitrogen and oxygen atoms in total. The van der Waals surface area contributed by atoms with Crippen LogP contribution in [0.1, 0.15) is 59.8 Å². The molecule has 0 unspecified atom stereocenters. The zero-order valence-electron chi connectivity index (χ0n) is 19.9. The lowest BCUT2D eigenvalue weighted by Crippen LogP contribution is -2.50. The first-order valence-corrected chi connectivity index (χ1v) is 11.2. The summed E-state index contributed by atoms with van der Waals surface area (Å²) in [6.07, 6.45) is 4.03. The zero-order valence-corrected chi connectivity index (χ0v) is 19.9. The summed E-state index contributed by atoms with van der Waals surface area (Å²) in [4.78, 5) is 32.6. The largest absolute Gasteiger partial charge is 0.377 e. The highest BCUT2D eigenvalue weighted by molar-refractivity contribution is 5.79. The molecule has 0 spiro atoms. The molecule has 2 amide bonds. The topological polar surface area (TPSA) is 86.3 Å². The van der Waals surface area contributed by atoms with Gasteiger partial charge in [0.15, 0.2) is 5.96 Å². The molecule has 0 aromatic rings. The summed E-state index contributed by atoms with van der Waals surface area (Å²) in [6, 6.07) is 0. The Balaban J connectivity index is 2.14. The quantitative estimate of drug-likeness (QED) is 0.300. The summed E-state index contributed by atoms with van der Waals surface area (Å²) in [7, 11) is 3.45. The number of nitrogens with one attached hydrogen (secondary N) is 2. The Morgan fingerprint density at radius 3 is 2.13 bits per heavy atom. The molecule has 1 saturated heterocycles. The number of piperazine rings is 1. The van der Waals surface area contributed by atoms with Crippen LogP contribution in [0.3, 0.4) is 0 Å². The molecule has 0 aromatic heterocycles. The lowest BCUT2D eigenvalue weighted by atomic mass is 10.1. The second-order valence-electron chi connectivity index (χ2n) is 8.99. The molecule has 0 radical (unpaired) electrons. The molecule has 1 aliphatic rings. The van der Waals surface area contributed by atoms with Gasteiger partial charge in [-0.2, -0.15) is 0 Å². The van der Waals surface area contributed by atoms with Gasteiger partial charge in [-0.3, -0.25) is 14.6 Å². The second kappa shape index (κ2) is 13.5. The highest BCUT2D eigenvalue weighted by atomic mass is 16.5. The summed E-state index contributed by atoms with van der Waals surface area (Å²) >= 11 is 0. The van der Waals surface area contributed by atoms with Crippen LogP contribution in [-0.4, -0.2) is 86.6 Å². The van der Waals surface area contributed by atoms with E-state index in [1.165, 1.54) is 0 Å². The Kier molecular flexibility index (Phi) is 11.8. The third kappa shape index (κ3) is 10.3. The van der Waals surface area contributed by atoms with Crippen LogP contribution in [-0.2, 0) is 14.3 Å². The van der Waals surface area contributed by atoms with Crippen molar-refractivity contribution in [3.8, 4) is 0 Å². The van der Waals surface area contributed by atoms with E-state index in [0.29, 0.717) is 51.5 Å². The molecule has 30 heavy (non-hydrogen) atoms. The predicted molar refractivity (Wildman–Crippen MR) is 122 cm³/mol. The maximum absolute atomic E-state index is 12.4. The molecule has 0 aliphatic carbocycles. The standard InChI is InChI=1S/C22H43N5O3/c1-18(2)16-20(29)27-14-12-26(13-15-27)19(28)10-8-7-9-11-24-21(23-5)25-17-22(3,4)30-6/h18H,7-17H2,1-6H3,(H2,23,24,25). The molecule has 0 aromatic carbocycles. The lowest BCUT2D eigenvalue weighted by Gasteiger charge is -2.35. The fourth-order valence-electron chi connectivity index (χ4n) is 3.22. The number of amides is 2. The number of rotatable bonds is 11. The number of carbonyl (C=O) groups is 2. The Morgan fingerprint density at radius 1 is 1.00 bits per heavy atom. The van der Waals surface area contributed by atoms with Gasteiger partial charge in [-0.05, 0) is 32.6 Å². The highest BCUT2D eigenvalue weighted by Crippen LogP contribution is 2.10. The molecule has 1 aliphatic heterocycles. The zero-order chi connectivity index (χ0) is 22.6. The number of guanidine groups is 1. The summed E-state index contributed by atoms with van der Waals surface area (Å²) < 4.78 is 5.39. The first-order chi connectivity index (χ1) is 14.2. The number of hydrogen-bond acceptors (Lipinski definition) is 4. The number of ether oxygens (including phenoxy) is 1. The predicted octanol–water partition coefficient (Wildman–Crippen LogP) is 1.85. The van der Waals surface area contributed by atoms with Crippen molar-refractivity contribution in [1.82, 2.24) is 20.4 Å². The van der Waals surface area contributed by atoms with Crippen LogP contribution in [0.2, 0.25) is 0 Å². The molecule has 0 saturated carbocycles. The first-order valence-electron chi connectivity index (χ1n) is 11.2. The smallest absolute Gasteiger partial charge is 0.222 e. The molecule has 1 fully saturated rings. The fourth-order valence-corrected chi connectivity index (χ4v) is 3.22. The summed E-state index contributed by atoms with van der Waals surface area (Å²) in [5, 5.41) is 6.56. The summed E-state index contributed by atoms with van der Waals surface area (Å²) in [6.45, 7) is 12.3. The van der Waals surface area contributed by atoms with Crippen molar-refractivity contribution in [2.45, 2.75) is 65.4 Å². The first kappa shape index (κ1) is 26.2. The van der Waals surface area contributed by atoms with Crippen molar-refractivity contribution in [3.63, 3.8) is 0 Å². The van der Waals surface area contributed by atoms with Gasteiger partial charge < -0.3 is 25.2 Å². The Hall–Kier alpha value is -1.83. The van der Waals surface area contributed by atoms with Gasteiger partial charge in [0, 0.05) is 66.3 Å². The van der Waals surface area contributed by atoms with Crippen LogP contribution < -0.4 is 10.6 Å². The van der Waals surface area contributed by atoms with E-state index < -0.39 is 0 Å². The van der Waals surface area contributed by atoms with Gasteiger partial charge in [-0.25, -0.2) is 0 Å². The molecule has 1 rings (SSSR count). The van der Waals surface area contributed by atoms with E-state index in [4.69, 9.17) is 4.74 Å². The lowest BCUT2D eigenvalue weighted by molar-refractivity contribution is -0.140. The van der Waals surface area contributed by atoms with E-state index in [-0.39, 0.29) is 17.4 Å². The van der Waals surface area contributed by atoms with E-state index in [0.717, 1.165) is 31.8 Å². The SMILES string of the molecule is CN=C(NCCCCCC(=O)N1CCN(C(=O)CC(C)C)CC1)NCC(C)(C)OC. The van der Waals surface area contributed by atoms with E-state index in [1.807, 2.05) is 23.6 Å². The molecule has 174 valence electrons. The van der Waals surface area contributed by atoms with Crippen molar-refractivity contribution < 1.29 is 14.3 Å². The monoisotopic (exact) mass is 425 g/mol.